The van der Waals surface area contributed by atoms with Gasteiger partial charge in [-0.25, -0.2) is 4.68 Å². The van der Waals surface area contributed by atoms with E-state index in [0.717, 1.165) is 28.1 Å². The molecule has 3 aromatic rings. The van der Waals surface area contributed by atoms with E-state index in [1.54, 1.807) is 0 Å². The number of esters is 1. The molecule has 0 bridgehead atoms. The molecule has 134 valence electrons. The van der Waals surface area contributed by atoms with E-state index in [0.29, 0.717) is 19.4 Å². The second-order valence-electron chi connectivity index (χ2n) is 6.41. The van der Waals surface area contributed by atoms with E-state index >= 15 is 0 Å². The highest BCUT2D eigenvalue weighted by atomic mass is 16.5. The molecule has 4 heteroatoms. The molecule has 3 rings (SSSR count). The van der Waals surface area contributed by atoms with Gasteiger partial charge in [0.1, 0.15) is 0 Å². The van der Waals surface area contributed by atoms with Crippen molar-refractivity contribution in [2.45, 2.75) is 33.6 Å². The number of hydrogen-bond donors (Lipinski definition) is 0. The average molecular weight is 348 g/mol. The molecule has 26 heavy (non-hydrogen) atoms. The monoisotopic (exact) mass is 348 g/mol. The summed E-state index contributed by atoms with van der Waals surface area (Å²) in [4.78, 5) is 11.6. The topological polar surface area (TPSA) is 44.1 Å². The van der Waals surface area contributed by atoms with Crippen LogP contribution in [0.2, 0.25) is 0 Å². The largest absolute Gasteiger partial charge is 0.466 e. The van der Waals surface area contributed by atoms with Crippen LogP contribution < -0.4 is 0 Å². The maximum Gasteiger partial charge on any atom is 0.306 e. The predicted octanol–water partition coefficient (Wildman–Crippen LogP) is 4.65. The van der Waals surface area contributed by atoms with Crippen LogP contribution in [0.15, 0.2) is 54.7 Å². The summed E-state index contributed by atoms with van der Waals surface area (Å²) in [5, 5.41) is 4.49. The normalized spacial score (nSPS) is 10.7. The van der Waals surface area contributed by atoms with Gasteiger partial charge in [-0.05, 0) is 67.6 Å². The maximum atomic E-state index is 11.6. The Labute approximate surface area is 154 Å². The Hall–Kier alpha value is -2.88. The van der Waals surface area contributed by atoms with Gasteiger partial charge in [0, 0.05) is 12.6 Å². The molecule has 0 radical (unpaired) electrons. The van der Waals surface area contributed by atoms with Crippen LogP contribution >= 0.6 is 0 Å². The SMILES string of the molecule is CCOC(=O)CCc1cccc(-c2ccc(-n3ccc(C)n3)c(C)c2)c1. The first kappa shape index (κ1) is 17.9. The number of carbonyl (C=O) groups is 1. The van der Waals surface area contributed by atoms with Crippen molar-refractivity contribution in [2.75, 3.05) is 6.61 Å². The molecule has 4 nitrogen and oxygen atoms in total. The van der Waals surface area contributed by atoms with Gasteiger partial charge in [-0.2, -0.15) is 5.10 Å². The lowest BCUT2D eigenvalue weighted by atomic mass is 9.99. The minimum Gasteiger partial charge on any atom is -0.466 e. The van der Waals surface area contributed by atoms with Crippen LogP contribution in [0.3, 0.4) is 0 Å². The van der Waals surface area contributed by atoms with Crippen molar-refractivity contribution in [1.82, 2.24) is 9.78 Å². The Kier molecular flexibility index (Phi) is 5.52. The molecule has 0 aliphatic rings. The van der Waals surface area contributed by atoms with E-state index in [-0.39, 0.29) is 5.97 Å². The summed E-state index contributed by atoms with van der Waals surface area (Å²) in [6.45, 7) is 6.35. The van der Waals surface area contributed by atoms with Gasteiger partial charge in [0.15, 0.2) is 0 Å². The van der Waals surface area contributed by atoms with E-state index in [1.165, 1.54) is 5.56 Å². The second-order valence-corrected chi connectivity index (χ2v) is 6.41. The van der Waals surface area contributed by atoms with Crippen molar-refractivity contribution in [3.05, 3.63) is 71.5 Å². The number of rotatable bonds is 6. The highest BCUT2D eigenvalue weighted by Gasteiger charge is 2.07. The average Bonchev–Trinajstić information content (AvgIpc) is 3.06. The van der Waals surface area contributed by atoms with Gasteiger partial charge in [0.05, 0.1) is 18.0 Å². The van der Waals surface area contributed by atoms with Gasteiger partial charge in [-0.3, -0.25) is 4.79 Å². The van der Waals surface area contributed by atoms with Crippen molar-refractivity contribution in [3.8, 4) is 16.8 Å². The van der Waals surface area contributed by atoms with E-state index in [2.05, 4.69) is 48.4 Å². The zero-order chi connectivity index (χ0) is 18.5. The van der Waals surface area contributed by atoms with E-state index < -0.39 is 0 Å². The summed E-state index contributed by atoms with van der Waals surface area (Å²) in [6, 6.07) is 16.7. The molecule has 0 saturated heterocycles. The fourth-order valence-corrected chi connectivity index (χ4v) is 3.03. The Morgan fingerprint density at radius 2 is 1.88 bits per heavy atom. The number of ether oxygens (including phenoxy) is 1. The lowest BCUT2D eigenvalue weighted by Crippen LogP contribution is -2.05. The minimum absolute atomic E-state index is 0.146. The van der Waals surface area contributed by atoms with Crippen LogP contribution in [0.25, 0.3) is 16.8 Å². The highest BCUT2D eigenvalue weighted by molar-refractivity contribution is 5.70. The third-order valence-electron chi connectivity index (χ3n) is 4.35. The summed E-state index contributed by atoms with van der Waals surface area (Å²) < 4.78 is 6.91. The van der Waals surface area contributed by atoms with Crippen molar-refractivity contribution >= 4 is 5.97 Å². The first-order valence-electron chi connectivity index (χ1n) is 8.95. The first-order chi connectivity index (χ1) is 12.6. The van der Waals surface area contributed by atoms with E-state index in [9.17, 15) is 4.79 Å². The molecule has 0 spiro atoms. The first-order valence-corrected chi connectivity index (χ1v) is 8.95. The van der Waals surface area contributed by atoms with Crippen LogP contribution in [-0.2, 0) is 16.0 Å². The van der Waals surface area contributed by atoms with Crippen molar-refractivity contribution in [2.24, 2.45) is 0 Å². The number of carbonyl (C=O) groups excluding carboxylic acids is 1. The standard InChI is InChI=1S/C22H24N2O2/c1-4-26-22(25)11-8-18-6-5-7-19(15-18)20-9-10-21(16(2)14-20)24-13-12-17(3)23-24/h5-7,9-10,12-15H,4,8,11H2,1-3H3. The maximum absolute atomic E-state index is 11.6. The predicted molar refractivity (Wildman–Crippen MR) is 103 cm³/mol. The molecule has 0 atom stereocenters. The fraction of sp³-hybridized carbons (Fsp3) is 0.273. The number of hydrogen-bond acceptors (Lipinski definition) is 3. The van der Waals surface area contributed by atoms with Gasteiger partial charge >= 0.3 is 5.97 Å². The quantitative estimate of drug-likeness (QED) is 0.609. The summed E-state index contributed by atoms with van der Waals surface area (Å²) in [7, 11) is 0. The molecule has 0 fully saturated rings. The zero-order valence-corrected chi connectivity index (χ0v) is 15.5. The molecule has 0 unspecified atom stereocenters. The molecule has 2 aromatic carbocycles. The summed E-state index contributed by atoms with van der Waals surface area (Å²) >= 11 is 0. The molecule has 0 aliphatic heterocycles. The molecule has 1 heterocycles. The van der Waals surface area contributed by atoms with Crippen LogP contribution in [-0.4, -0.2) is 22.4 Å². The van der Waals surface area contributed by atoms with Gasteiger partial charge < -0.3 is 4.74 Å². The number of aryl methyl sites for hydroxylation is 3. The van der Waals surface area contributed by atoms with Crippen LogP contribution in [0.5, 0.6) is 0 Å². The van der Waals surface area contributed by atoms with Crippen LogP contribution in [0, 0.1) is 13.8 Å². The van der Waals surface area contributed by atoms with Crippen molar-refractivity contribution < 1.29 is 9.53 Å². The molecule has 0 N–H and O–H groups in total. The summed E-state index contributed by atoms with van der Waals surface area (Å²) in [5.41, 5.74) is 6.70. The molecule has 0 aliphatic carbocycles. The number of nitrogens with zero attached hydrogens (tertiary/aromatic N) is 2. The molecular formula is C22H24N2O2. The third kappa shape index (κ3) is 4.20. The van der Waals surface area contributed by atoms with E-state index in [1.807, 2.05) is 36.9 Å². The van der Waals surface area contributed by atoms with Gasteiger partial charge in [0.2, 0.25) is 0 Å². The van der Waals surface area contributed by atoms with E-state index in [4.69, 9.17) is 4.74 Å². The summed E-state index contributed by atoms with van der Waals surface area (Å²) in [6.07, 6.45) is 3.08. The Bertz CT molecular complexity index is 912. The highest BCUT2D eigenvalue weighted by Crippen LogP contribution is 2.25. The fourth-order valence-electron chi connectivity index (χ4n) is 3.03. The Morgan fingerprint density at radius 1 is 1.08 bits per heavy atom. The number of aromatic nitrogens is 2. The van der Waals surface area contributed by atoms with Crippen molar-refractivity contribution in [3.63, 3.8) is 0 Å². The minimum atomic E-state index is -0.146. The lowest BCUT2D eigenvalue weighted by molar-refractivity contribution is -0.143. The molecule has 0 saturated carbocycles. The molecule has 1 aromatic heterocycles. The molecule has 0 amide bonds. The van der Waals surface area contributed by atoms with Crippen LogP contribution in [0.1, 0.15) is 30.2 Å². The number of benzene rings is 2. The van der Waals surface area contributed by atoms with Crippen LogP contribution in [0.4, 0.5) is 0 Å². The lowest BCUT2D eigenvalue weighted by Gasteiger charge is -2.10. The van der Waals surface area contributed by atoms with Gasteiger partial charge in [0.25, 0.3) is 0 Å². The Balaban J connectivity index is 1.80. The zero-order valence-electron chi connectivity index (χ0n) is 15.5. The van der Waals surface area contributed by atoms with Gasteiger partial charge in [-0.15, -0.1) is 0 Å². The van der Waals surface area contributed by atoms with Crippen molar-refractivity contribution in [1.29, 1.82) is 0 Å². The summed E-state index contributed by atoms with van der Waals surface area (Å²) in [5.74, 6) is -0.146. The third-order valence-corrected chi connectivity index (χ3v) is 4.35. The second kappa shape index (κ2) is 8.00. The molecular weight excluding hydrogens is 324 g/mol. The smallest absolute Gasteiger partial charge is 0.306 e. The van der Waals surface area contributed by atoms with Gasteiger partial charge in [-0.1, -0.05) is 30.3 Å². The Morgan fingerprint density at radius 3 is 2.58 bits per heavy atom.